The number of likely N-dealkylation sites (tertiary alicyclic amines) is 1. The molecule has 2 amide bonds. The first-order valence-electron chi connectivity index (χ1n) is 9.98. The standard InChI is InChI=1S/C22H26N4O4/c1-15-10-11-19(26(29)30)21(16(15)2)24-20(27)14-25-12-6-7-17(13-25)22(28)23-18-8-4-3-5-9-18/h3-5,8-11,17H,6-7,12-14H2,1-2H3,(H,23,28)(H,24,27). The van der Waals surface area contributed by atoms with Crippen molar-refractivity contribution in [2.24, 2.45) is 5.92 Å². The summed E-state index contributed by atoms with van der Waals surface area (Å²) in [5.41, 5.74) is 2.41. The maximum Gasteiger partial charge on any atom is 0.293 e. The number of nitro groups is 1. The van der Waals surface area contributed by atoms with Gasteiger partial charge in [0.25, 0.3) is 5.69 Å². The Kier molecular flexibility index (Phi) is 6.79. The molecule has 1 atom stereocenters. The van der Waals surface area contributed by atoms with Gasteiger partial charge in [0.15, 0.2) is 0 Å². The molecule has 0 aliphatic carbocycles. The van der Waals surface area contributed by atoms with Crippen LogP contribution in [0.3, 0.4) is 0 Å². The topological polar surface area (TPSA) is 105 Å². The Morgan fingerprint density at radius 1 is 1.13 bits per heavy atom. The maximum absolute atomic E-state index is 12.6. The van der Waals surface area contributed by atoms with Crippen LogP contribution in [0.15, 0.2) is 42.5 Å². The lowest BCUT2D eigenvalue weighted by atomic mass is 9.97. The van der Waals surface area contributed by atoms with E-state index in [1.807, 2.05) is 42.2 Å². The molecule has 158 valence electrons. The fourth-order valence-corrected chi connectivity index (χ4v) is 3.67. The molecule has 1 heterocycles. The van der Waals surface area contributed by atoms with E-state index in [9.17, 15) is 19.7 Å². The Bertz CT molecular complexity index is 946. The molecule has 8 nitrogen and oxygen atoms in total. The molecule has 2 aromatic rings. The van der Waals surface area contributed by atoms with Crippen LogP contribution in [0.1, 0.15) is 24.0 Å². The zero-order valence-corrected chi connectivity index (χ0v) is 17.2. The number of carbonyl (C=O) groups is 2. The largest absolute Gasteiger partial charge is 0.326 e. The number of piperidine rings is 1. The molecule has 0 aromatic heterocycles. The molecule has 1 fully saturated rings. The molecule has 2 N–H and O–H groups in total. The van der Waals surface area contributed by atoms with Crippen molar-refractivity contribution in [3.63, 3.8) is 0 Å². The van der Waals surface area contributed by atoms with Gasteiger partial charge in [0.2, 0.25) is 11.8 Å². The maximum atomic E-state index is 12.6. The number of para-hydroxylation sites is 1. The molecular formula is C22H26N4O4. The third-order valence-electron chi connectivity index (χ3n) is 5.46. The minimum Gasteiger partial charge on any atom is -0.326 e. The predicted molar refractivity (Wildman–Crippen MR) is 115 cm³/mol. The van der Waals surface area contributed by atoms with Crippen LogP contribution in [0.25, 0.3) is 0 Å². The smallest absolute Gasteiger partial charge is 0.293 e. The molecular weight excluding hydrogens is 384 g/mol. The van der Waals surface area contributed by atoms with E-state index in [-0.39, 0.29) is 35.7 Å². The first kappa shape index (κ1) is 21.4. The van der Waals surface area contributed by atoms with Gasteiger partial charge in [-0.3, -0.25) is 24.6 Å². The average molecular weight is 410 g/mol. The third kappa shape index (κ3) is 5.21. The normalized spacial score (nSPS) is 16.7. The van der Waals surface area contributed by atoms with E-state index < -0.39 is 4.92 Å². The van der Waals surface area contributed by atoms with Crippen LogP contribution in [-0.4, -0.2) is 41.3 Å². The van der Waals surface area contributed by atoms with Crippen LogP contribution in [-0.2, 0) is 9.59 Å². The number of hydrogen-bond acceptors (Lipinski definition) is 5. The van der Waals surface area contributed by atoms with Crippen molar-refractivity contribution >= 4 is 28.9 Å². The van der Waals surface area contributed by atoms with Crippen molar-refractivity contribution in [1.82, 2.24) is 4.90 Å². The van der Waals surface area contributed by atoms with Gasteiger partial charge in [-0.1, -0.05) is 24.3 Å². The highest BCUT2D eigenvalue weighted by Crippen LogP contribution is 2.30. The fraction of sp³-hybridized carbons (Fsp3) is 0.364. The average Bonchev–Trinajstić information content (AvgIpc) is 2.72. The van der Waals surface area contributed by atoms with Crippen LogP contribution in [0.2, 0.25) is 0 Å². The minimum absolute atomic E-state index is 0.0588. The first-order chi connectivity index (χ1) is 14.3. The van der Waals surface area contributed by atoms with Crippen molar-refractivity contribution in [2.45, 2.75) is 26.7 Å². The number of rotatable bonds is 6. The summed E-state index contributed by atoms with van der Waals surface area (Å²) in [6.07, 6.45) is 1.57. The molecule has 3 rings (SSSR count). The Morgan fingerprint density at radius 2 is 1.87 bits per heavy atom. The number of anilines is 2. The van der Waals surface area contributed by atoms with Crippen LogP contribution >= 0.6 is 0 Å². The van der Waals surface area contributed by atoms with E-state index in [0.717, 1.165) is 24.1 Å². The van der Waals surface area contributed by atoms with Gasteiger partial charge in [0.1, 0.15) is 5.69 Å². The van der Waals surface area contributed by atoms with Crippen LogP contribution in [0.5, 0.6) is 0 Å². The molecule has 1 unspecified atom stereocenters. The van der Waals surface area contributed by atoms with Crippen LogP contribution in [0.4, 0.5) is 17.1 Å². The SMILES string of the molecule is Cc1ccc([N+](=O)[O-])c(NC(=O)CN2CCCC(C(=O)Nc3ccccc3)C2)c1C. The number of aryl methyl sites for hydroxylation is 1. The highest BCUT2D eigenvalue weighted by atomic mass is 16.6. The lowest BCUT2D eigenvalue weighted by molar-refractivity contribution is -0.384. The van der Waals surface area contributed by atoms with Gasteiger partial charge < -0.3 is 10.6 Å². The zero-order chi connectivity index (χ0) is 21.7. The van der Waals surface area contributed by atoms with Gasteiger partial charge >= 0.3 is 0 Å². The zero-order valence-electron chi connectivity index (χ0n) is 17.2. The monoisotopic (exact) mass is 410 g/mol. The molecule has 30 heavy (non-hydrogen) atoms. The summed E-state index contributed by atoms with van der Waals surface area (Å²) in [4.78, 5) is 37.9. The second-order valence-corrected chi connectivity index (χ2v) is 7.64. The summed E-state index contributed by atoms with van der Waals surface area (Å²) in [7, 11) is 0. The third-order valence-corrected chi connectivity index (χ3v) is 5.46. The first-order valence-corrected chi connectivity index (χ1v) is 9.98. The van der Waals surface area contributed by atoms with Crippen LogP contribution < -0.4 is 10.6 Å². The Balaban J connectivity index is 1.61. The van der Waals surface area contributed by atoms with Gasteiger partial charge in [-0.25, -0.2) is 0 Å². The van der Waals surface area contributed by atoms with Crippen molar-refractivity contribution < 1.29 is 14.5 Å². The lowest BCUT2D eigenvalue weighted by Gasteiger charge is -2.31. The highest BCUT2D eigenvalue weighted by molar-refractivity contribution is 5.96. The summed E-state index contributed by atoms with van der Waals surface area (Å²) in [5, 5.41) is 17.0. The van der Waals surface area contributed by atoms with Crippen molar-refractivity contribution in [2.75, 3.05) is 30.3 Å². The number of nitrogens with one attached hydrogen (secondary N) is 2. The van der Waals surface area contributed by atoms with Crippen molar-refractivity contribution in [3.05, 3.63) is 63.7 Å². The fourth-order valence-electron chi connectivity index (χ4n) is 3.67. The van der Waals surface area contributed by atoms with E-state index in [0.29, 0.717) is 18.7 Å². The number of carbonyl (C=O) groups excluding carboxylic acids is 2. The van der Waals surface area contributed by atoms with Gasteiger partial charge in [-0.15, -0.1) is 0 Å². The van der Waals surface area contributed by atoms with Crippen molar-refractivity contribution in [3.8, 4) is 0 Å². The number of hydrogen-bond donors (Lipinski definition) is 2. The predicted octanol–water partition coefficient (Wildman–Crippen LogP) is 3.50. The van der Waals surface area contributed by atoms with Crippen LogP contribution in [0, 0.1) is 29.9 Å². The Morgan fingerprint density at radius 3 is 2.57 bits per heavy atom. The van der Waals surface area contributed by atoms with Gasteiger partial charge in [-0.2, -0.15) is 0 Å². The number of nitro benzene ring substituents is 1. The minimum atomic E-state index is -0.493. The van der Waals surface area contributed by atoms with Gasteiger partial charge in [0, 0.05) is 18.3 Å². The number of amides is 2. The summed E-state index contributed by atoms with van der Waals surface area (Å²) < 4.78 is 0. The van der Waals surface area contributed by atoms with E-state index >= 15 is 0 Å². The Labute approximate surface area is 175 Å². The van der Waals surface area contributed by atoms with Crippen molar-refractivity contribution in [1.29, 1.82) is 0 Å². The lowest BCUT2D eigenvalue weighted by Crippen LogP contribution is -2.44. The second-order valence-electron chi connectivity index (χ2n) is 7.64. The molecule has 1 aliphatic rings. The summed E-state index contributed by atoms with van der Waals surface area (Å²) in [6, 6.07) is 12.4. The summed E-state index contributed by atoms with van der Waals surface area (Å²) in [5.74, 6) is -0.589. The molecule has 0 saturated carbocycles. The van der Waals surface area contributed by atoms with Gasteiger partial charge in [-0.05, 0) is 56.5 Å². The summed E-state index contributed by atoms with van der Waals surface area (Å²) in [6.45, 7) is 4.86. The molecule has 0 bridgehead atoms. The summed E-state index contributed by atoms with van der Waals surface area (Å²) >= 11 is 0. The molecule has 1 aliphatic heterocycles. The molecule has 0 spiro atoms. The van der Waals surface area contributed by atoms with E-state index in [4.69, 9.17) is 0 Å². The quantitative estimate of drug-likeness (QED) is 0.560. The number of benzene rings is 2. The molecule has 8 heteroatoms. The molecule has 2 aromatic carbocycles. The molecule has 0 radical (unpaired) electrons. The second kappa shape index (κ2) is 9.49. The molecule has 1 saturated heterocycles. The number of nitrogens with zero attached hydrogens (tertiary/aromatic N) is 2. The Hall–Kier alpha value is -3.26. The van der Waals surface area contributed by atoms with E-state index in [1.165, 1.54) is 6.07 Å². The highest BCUT2D eigenvalue weighted by Gasteiger charge is 2.27. The van der Waals surface area contributed by atoms with E-state index in [1.54, 1.807) is 13.0 Å². The van der Waals surface area contributed by atoms with Gasteiger partial charge in [0.05, 0.1) is 17.4 Å². The van der Waals surface area contributed by atoms with E-state index in [2.05, 4.69) is 10.6 Å².